The second-order valence-electron chi connectivity index (χ2n) is 5.97. The summed E-state index contributed by atoms with van der Waals surface area (Å²) < 4.78 is 27.9. The maximum absolute atomic E-state index is 12.4. The molecular formula is C12H25N3O2S. The molecule has 0 aromatic rings. The summed E-state index contributed by atoms with van der Waals surface area (Å²) in [5, 5.41) is 0. The van der Waals surface area contributed by atoms with Gasteiger partial charge >= 0.3 is 0 Å². The van der Waals surface area contributed by atoms with Crippen LogP contribution >= 0.6 is 0 Å². The van der Waals surface area contributed by atoms with E-state index in [2.05, 4.69) is 13.8 Å². The molecule has 2 fully saturated rings. The van der Waals surface area contributed by atoms with Crippen molar-refractivity contribution in [3.63, 3.8) is 0 Å². The second-order valence-corrected chi connectivity index (χ2v) is 7.90. The van der Waals surface area contributed by atoms with Gasteiger partial charge in [-0.3, -0.25) is 0 Å². The molecule has 18 heavy (non-hydrogen) atoms. The molecule has 0 radical (unpaired) electrons. The highest BCUT2D eigenvalue weighted by molar-refractivity contribution is 7.86. The Balaban J connectivity index is 1.93. The smallest absolute Gasteiger partial charge is 0.282 e. The summed E-state index contributed by atoms with van der Waals surface area (Å²) in [5.74, 6) is 0.640. The van der Waals surface area contributed by atoms with Gasteiger partial charge in [-0.1, -0.05) is 20.3 Å². The third-order valence-electron chi connectivity index (χ3n) is 4.13. The van der Waals surface area contributed by atoms with E-state index in [1.807, 2.05) is 0 Å². The van der Waals surface area contributed by atoms with Gasteiger partial charge in [0.15, 0.2) is 0 Å². The van der Waals surface area contributed by atoms with Crippen LogP contribution in [-0.2, 0) is 10.2 Å². The average molecular weight is 275 g/mol. The number of rotatable bonds is 4. The molecule has 0 saturated carbocycles. The van der Waals surface area contributed by atoms with Gasteiger partial charge in [-0.25, -0.2) is 0 Å². The fourth-order valence-electron chi connectivity index (χ4n) is 2.85. The number of hydrogen-bond acceptors (Lipinski definition) is 3. The van der Waals surface area contributed by atoms with E-state index >= 15 is 0 Å². The number of piperidine rings is 1. The molecule has 2 heterocycles. The topological polar surface area (TPSA) is 66.6 Å². The lowest BCUT2D eigenvalue weighted by Crippen LogP contribution is -2.70. The maximum atomic E-state index is 12.4. The Morgan fingerprint density at radius 1 is 1.22 bits per heavy atom. The van der Waals surface area contributed by atoms with Gasteiger partial charge in [0.1, 0.15) is 0 Å². The van der Waals surface area contributed by atoms with Gasteiger partial charge in [-0.05, 0) is 25.2 Å². The normalized spacial score (nSPS) is 27.1. The molecule has 0 aliphatic carbocycles. The zero-order valence-electron chi connectivity index (χ0n) is 11.4. The summed E-state index contributed by atoms with van der Waals surface area (Å²) in [7, 11) is -3.25. The lowest BCUT2D eigenvalue weighted by Gasteiger charge is -2.48. The van der Waals surface area contributed by atoms with Gasteiger partial charge in [0.05, 0.1) is 0 Å². The molecule has 5 nitrogen and oxygen atoms in total. The van der Waals surface area contributed by atoms with Crippen LogP contribution in [0.15, 0.2) is 0 Å². The van der Waals surface area contributed by atoms with Crippen molar-refractivity contribution >= 4 is 10.2 Å². The Kier molecular flexibility index (Phi) is 4.02. The summed E-state index contributed by atoms with van der Waals surface area (Å²) >= 11 is 0. The zero-order chi connectivity index (χ0) is 13.4. The monoisotopic (exact) mass is 275 g/mol. The third-order valence-corrected chi connectivity index (χ3v) is 6.05. The first kappa shape index (κ1) is 14.2. The van der Waals surface area contributed by atoms with Gasteiger partial charge in [0.2, 0.25) is 0 Å². The van der Waals surface area contributed by atoms with Crippen molar-refractivity contribution < 1.29 is 8.42 Å². The molecule has 2 N–H and O–H groups in total. The van der Waals surface area contributed by atoms with Crippen molar-refractivity contribution in [3.8, 4) is 0 Å². The average Bonchev–Trinajstić information content (AvgIpc) is 2.26. The van der Waals surface area contributed by atoms with Crippen LogP contribution in [-0.4, -0.2) is 48.7 Å². The van der Waals surface area contributed by atoms with Crippen molar-refractivity contribution in [3.05, 3.63) is 0 Å². The van der Waals surface area contributed by atoms with E-state index < -0.39 is 10.2 Å². The molecule has 0 atom stereocenters. The summed E-state index contributed by atoms with van der Waals surface area (Å²) in [6, 6.07) is 0. The molecule has 0 spiro atoms. The van der Waals surface area contributed by atoms with E-state index in [0.717, 1.165) is 25.7 Å². The Labute approximate surface area is 110 Å². The minimum Gasteiger partial charge on any atom is -0.323 e. The highest BCUT2D eigenvalue weighted by Gasteiger charge is 2.46. The van der Waals surface area contributed by atoms with Crippen molar-refractivity contribution in [2.24, 2.45) is 11.7 Å². The van der Waals surface area contributed by atoms with Crippen LogP contribution in [0.1, 0.15) is 39.5 Å². The fourth-order valence-corrected chi connectivity index (χ4v) is 4.69. The third kappa shape index (κ3) is 2.71. The van der Waals surface area contributed by atoms with Crippen LogP contribution in [0, 0.1) is 5.92 Å². The van der Waals surface area contributed by atoms with Crippen LogP contribution < -0.4 is 5.73 Å². The van der Waals surface area contributed by atoms with Crippen molar-refractivity contribution in [2.45, 2.75) is 45.1 Å². The Morgan fingerprint density at radius 2 is 1.78 bits per heavy atom. The molecule has 2 aliphatic rings. The van der Waals surface area contributed by atoms with E-state index in [4.69, 9.17) is 5.73 Å². The quantitative estimate of drug-likeness (QED) is 0.824. The van der Waals surface area contributed by atoms with E-state index in [0.29, 0.717) is 32.1 Å². The van der Waals surface area contributed by atoms with Crippen LogP contribution in [0.2, 0.25) is 0 Å². The van der Waals surface area contributed by atoms with Crippen molar-refractivity contribution in [1.29, 1.82) is 0 Å². The Hall–Kier alpha value is -0.170. The first-order valence-electron chi connectivity index (χ1n) is 6.91. The SMILES string of the molecule is CCCC1(N)CN(S(=O)(=O)N2CCC(C)CC2)C1. The lowest BCUT2D eigenvalue weighted by atomic mass is 9.89. The zero-order valence-corrected chi connectivity index (χ0v) is 12.2. The molecule has 0 aromatic heterocycles. The summed E-state index contributed by atoms with van der Waals surface area (Å²) in [6.07, 6.45) is 3.84. The van der Waals surface area contributed by atoms with Gasteiger partial charge < -0.3 is 5.73 Å². The van der Waals surface area contributed by atoms with Crippen molar-refractivity contribution in [1.82, 2.24) is 8.61 Å². The van der Waals surface area contributed by atoms with Gasteiger partial charge in [0.25, 0.3) is 10.2 Å². The summed E-state index contributed by atoms with van der Waals surface area (Å²) in [5.41, 5.74) is 5.84. The molecule has 0 amide bonds. The van der Waals surface area contributed by atoms with Gasteiger partial charge in [0, 0.05) is 31.7 Å². The maximum Gasteiger partial charge on any atom is 0.282 e. The molecule has 106 valence electrons. The number of hydrogen-bond donors (Lipinski definition) is 1. The first-order chi connectivity index (χ1) is 8.37. The molecule has 2 rings (SSSR count). The molecule has 0 unspecified atom stereocenters. The van der Waals surface area contributed by atoms with E-state index in [1.54, 1.807) is 8.61 Å². The fraction of sp³-hybridized carbons (Fsp3) is 1.00. The molecule has 2 saturated heterocycles. The first-order valence-corrected chi connectivity index (χ1v) is 8.31. The minimum absolute atomic E-state index is 0.287. The summed E-state index contributed by atoms with van der Waals surface area (Å²) in [4.78, 5) is 0. The Bertz CT molecular complexity index is 382. The summed E-state index contributed by atoms with van der Waals surface area (Å²) in [6.45, 7) is 6.54. The molecule has 2 aliphatic heterocycles. The standard InChI is InChI=1S/C12H25N3O2S/c1-3-6-12(13)9-15(10-12)18(16,17)14-7-4-11(2)5-8-14/h11H,3-10,13H2,1-2H3. The van der Waals surface area contributed by atoms with Crippen LogP contribution in [0.3, 0.4) is 0 Å². The molecular weight excluding hydrogens is 250 g/mol. The molecule has 0 aromatic carbocycles. The highest BCUT2D eigenvalue weighted by atomic mass is 32.2. The van der Waals surface area contributed by atoms with E-state index in [9.17, 15) is 8.42 Å². The lowest BCUT2D eigenvalue weighted by molar-refractivity contribution is 0.132. The van der Waals surface area contributed by atoms with E-state index in [1.165, 1.54) is 0 Å². The Morgan fingerprint density at radius 3 is 2.28 bits per heavy atom. The predicted molar refractivity (Wildman–Crippen MR) is 72.3 cm³/mol. The van der Waals surface area contributed by atoms with Gasteiger partial charge in [-0.2, -0.15) is 17.0 Å². The highest BCUT2D eigenvalue weighted by Crippen LogP contribution is 2.29. The predicted octanol–water partition coefficient (Wildman–Crippen LogP) is 0.776. The molecule has 6 heteroatoms. The second kappa shape index (κ2) is 5.07. The van der Waals surface area contributed by atoms with Crippen LogP contribution in [0.25, 0.3) is 0 Å². The minimum atomic E-state index is -3.25. The van der Waals surface area contributed by atoms with Crippen LogP contribution in [0.4, 0.5) is 0 Å². The largest absolute Gasteiger partial charge is 0.323 e. The van der Waals surface area contributed by atoms with E-state index in [-0.39, 0.29) is 5.54 Å². The van der Waals surface area contributed by atoms with Gasteiger partial charge in [-0.15, -0.1) is 0 Å². The van der Waals surface area contributed by atoms with Crippen LogP contribution in [0.5, 0.6) is 0 Å². The van der Waals surface area contributed by atoms with Crippen molar-refractivity contribution in [2.75, 3.05) is 26.2 Å². The number of nitrogens with two attached hydrogens (primary N) is 1. The number of nitrogens with zero attached hydrogens (tertiary/aromatic N) is 2. The molecule has 0 bridgehead atoms.